The number of hydrogen-bond acceptors (Lipinski definition) is 4. The van der Waals surface area contributed by atoms with Crippen molar-refractivity contribution in [2.45, 2.75) is 52.2 Å². The summed E-state index contributed by atoms with van der Waals surface area (Å²) < 4.78 is 5.33. The molecule has 0 unspecified atom stereocenters. The van der Waals surface area contributed by atoms with E-state index in [4.69, 9.17) is 9.57 Å². The van der Waals surface area contributed by atoms with E-state index in [1.54, 1.807) is 13.1 Å². The lowest BCUT2D eigenvalue weighted by atomic mass is 9.97. The molecule has 1 atom stereocenters. The van der Waals surface area contributed by atoms with Crippen LogP contribution in [0.15, 0.2) is 12.1 Å². The second kappa shape index (κ2) is 6.81. The molecule has 0 fully saturated rings. The first kappa shape index (κ1) is 18.3. The normalized spacial score (nSPS) is 16.5. The number of nitrogens with zero attached hydrogens (tertiary/aromatic N) is 1. The minimum absolute atomic E-state index is 0.0853. The van der Waals surface area contributed by atoms with Gasteiger partial charge in [-0.3, -0.25) is 9.63 Å². The van der Waals surface area contributed by atoms with Crippen molar-refractivity contribution in [3.05, 3.63) is 34.4 Å². The molecule has 1 N–H and O–H groups in total. The molecule has 2 rings (SSSR count). The van der Waals surface area contributed by atoms with Crippen LogP contribution < -0.4 is 5.32 Å². The molecule has 0 spiro atoms. The van der Waals surface area contributed by atoms with Crippen molar-refractivity contribution in [2.75, 3.05) is 14.2 Å². The van der Waals surface area contributed by atoms with Gasteiger partial charge in [-0.1, -0.05) is 6.07 Å². The number of hydroxylamine groups is 2. The number of benzene rings is 1. The number of carbonyl (C=O) groups excluding carboxylic acids is 2. The number of hydrogen-bond donors (Lipinski definition) is 1. The summed E-state index contributed by atoms with van der Waals surface area (Å²) in [6, 6.07) is 3.62. The molecule has 1 aliphatic carbocycles. The van der Waals surface area contributed by atoms with Crippen LogP contribution in [0.4, 0.5) is 4.79 Å². The van der Waals surface area contributed by atoms with E-state index in [9.17, 15) is 9.59 Å². The SMILES string of the molecule is CON(C)C(=O)c1ccc2c(c1C)CC[C@@H]2NC(=O)OC(C)(C)C. The third kappa shape index (κ3) is 3.87. The lowest BCUT2D eigenvalue weighted by Gasteiger charge is -2.22. The van der Waals surface area contributed by atoms with Gasteiger partial charge >= 0.3 is 6.09 Å². The molecule has 6 nitrogen and oxygen atoms in total. The highest BCUT2D eigenvalue weighted by Gasteiger charge is 2.29. The van der Waals surface area contributed by atoms with Gasteiger partial charge in [-0.05, 0) is 63.3 Å². The van der Waals surface area contributed by atoms with Crippen LogP contribution in [0, 0.1) is 6.92 Å². The third-order valence-electron chi connectivity index (χ3n) is 4.17. The minimum Gasteiger partial charge on any atom is -0.444 e. The van der Waals surface area contributed by atoms with E-state index in [0.29, 0.717) is 5.56 Å². The maximum absolute atomic E-state index is 12.3. The topological polar surface area (TPSA) is 67.9 Å². The van der Waals surface area contributed by atoms with E-state index < -0.39 is 11.7 Å². The Hall–Kier alpha value is -2.08. The van der Waals surface area contributed by atoms with Crippen molar-refractivity contribution in [1.82, 2.24) is 10.4 Å². The first-order valence-corrected chi connectivity index (χ1v) is 8.08. The van der Waals surface area contributed by atoms with Crippen LogP contribution in [0.5, 0.6) is 0 Å². The highest BCUT2D eigenvalue weighted by molar-refractivity contribution is 5.95. The molecular weight excluding hydrogens is 308 g/mol. The Bertz CT molecular complexity index is 649. The molecule has 0 saturated carbocycles. The van der Waals surface area contributed by atoms with Crippen LogP contribution in [-0.2, 0) is 16.0 Å². The molecule has 0 radical (unpaired) electrons. The van der Waals surface area contributed by atoms with E-state index in [1.165, 1.54) is 12.2 Å². The molecule has 132 valence electrons. The van der Waals surface area contributed by atoms with E-state index in [1.807, 2.05) is 33.8 Å². The van der Waals surface area contributed by atoms with Crippen LogP contribution in [0.1, 0.15) is 60.3 Å². The van der Waals surface area contributed by atoms with Crippen molar-refractivity contribution in [2.24, 2.45) is 0 Å². The van der Waals surface area contributed by atoms with Crippen LogP contribution in [0.3, 0.4) is 0 Å². The zero-order valence-corrected chi connectivity index (χ0v) is 15.2. The largest absolute Gasteiger partial charge is 0.444 e. The van der Waals surface area contributed by atoms with Crippen molar-refractivity contribution < 1.29 is 19.2 Å². The zero-order valence-electron chi connectivity index (χ0n) is 15.2. The van der Waals surface area contributed by atoms with Gasteiger partial charge in [-0.25, -0.2) is 9.86 Å². The first-order valence-electron chi connectivity index (χ1n) is 8.08. The Balaban J connectivity index is 2.20. The molecule has 0 aliphatic heterocycles. The van der Waals surface area contributed by atoms with E-state index in [-0.39, 0.29) is 11.9 Å². The number of rotatable bonds is 3. The summed E-state index contributed by atoms with van der Waals surface area (Å²) in [6.07, 6.45) is 1.20. The van der Waals surface area contributed by atoms with Gasteiger partial charge in [0.05, 0.1) is 13.2 Å². The Morgan fingerprint density at radius 1 is 1.29 bits per heavy atom. The summed E-state index contributed by atoms with van der Waals surface area (Å²) in [6.45, 7) is 7.45. The third-order valence-corrected chi connectivity index (χ3v) is 4.17. The second-order valence-corrected chi connectivity index (χ2v) is 7.03. The highest BCUT2D eigenvalue weighted by Crippen LogP contribution is 2.35. The smallest absolute Gasteiger partial charge is 0.408 e. The Labute approximate surface area is 143 Å². The van der Waals surface area contributed by atoms with Gasteiger partial charge in [-0.15, -0.1) is 0 Å². The molecule has 1 aromatic carbocycles. The summed E-state index contributed by atoms with van der Waals surface area (Å²) in [5.41, 5.74) is 3.20. The van der Waals surface area contributed by atoms with Gasteiger partial charge in [0.25, 0.3) is 5.91 Å². The van der Waals surface area contributed by atoms with Crippen LogP contribution in [0.2, 0.25) is 0 Å². The minimum atomic E-state index is -0.525. The maximum Gasteiger partial charge on any atom is 0.408 e. The summed E-state index contributed by atoms with van der Waals surface area (Å²) in [5.74, 6) is -0.179. The number of amides is 2. The predicted molar refractivity (Wildman–Crippen MR) is 90.7 cm³/mol. The van der Waals surface area contributed by atoms with E-state index in [2.05, 4.69) is 5.32 Å². The number of fused-ring (bicyclic) bond motifs is 1. The summed E-state index contributed by atoms with van der Waals surface area (Å²) >= 11 is 0. The highest BCUT2D eigenvalue weighted by atomic mass is 16.7. The standard InChI is InChI=1S/C18H26N2O4/c1-11-12-9-10-15(19-17(22)24-18(2,3)4)14(12)8-7-13(11)16(21)20(5)23-6/h7-8,15H,9-10H2,1-6H3,(H,19,22)/t15-/m0/s1. The van der Waals surface area contributed by atoms with Gasteiger partial charge in [0, 0.05) is 12.6 Å². The molecule has 1 aromatic rings. The second-order valence-electron chi connectivity index (χ2n) is 7.03. The summed E-state index contributed by atoms with van der Waals surface area (Å²) in [7, 11) is 3.04. The molecule has 0 heterocycles. The monoisotopic (exact) mass is 334 g/mol. The maximum atomic E-state index is 12.3. The summed E-state index contributed by atoms with van der Waals surface area (Å²) in [4.78, 5) is 29.3. The Morgan fingerprint density at radius 3 is 2.54 bits per heavy atom. The van der Waals surface area contributed by atoms with Gasteiger partial charge in [0.2, 0.25) is 0 Å². The summed E-state index contributed by atoms with van der Waals surface area (Å²) in [5, 5.41) is 4.13. The van der Waals surface area contributed by atoms with Crippen molar-refractivity contribution in [3.8, 4) is 0 Å². The molecule has 24 heavy (non-hydrogen) atoms. The van der Waals surface area contributed by atoms with Crippen molar-refractivity contribution in [3.63, 3.8) is 0 Å². The quantitative estimate of drug-likeness (QED) is 0.862. The number of ether oxygens (including phenoxy) is 1. The first-order chi connectivity index (χ1) is 11.1. The molecule has 0 bridgehead atoms. The molecule has 0 aromatic heterocycles. The van der Waals surface area contributed by atoms with Crippen molar-refractivity contribution in [1.29, 1.82) is 0 Å². The fourth-order valence-corrected chi connectivity index (χ4v) is 2.96. The molecule has 1 aliphatic rings. The fourth-order valence-electron chi connectivity index (χ4n) is 2.96. The van der Waals surface area contributed by atoms with Gasteiger partial charge in [-0.2, -0.15) is 0 Å². The van der Waals surface area contributed by atoms with Crippen LogP contribution >= 0.6 is 0 Å². The number of carbonyl (C=O) groups is 2. The molecule has 6 heteroatoms. The van der Waals surface area contributed by atoms with E-state index in [0.717, 1.165) is 29.5 Å². The van der Waals surface area contributed by atoms with Crippen LogP contribution in [0.25, 0.3) is 0 Å². The Morgan fingerprint density at radius 2 is 1.96 bits per heavy atom. The number of nitrogens with one attached hydrogen (secondary N) is 1. The molecule has 0 saturated heterocycles. The average molecular weight is 334 g/mol. The average Bonchev–Trinajstić information content (AvgIpc) is 2.88. The van der Waals surface area contributed by atoms with Crippen LogP contribution in [-0.4, -0.2) is 36.8 Å². The van der Waals surface area contributed by atoms with Gasteiger partial charge in [0.15, 0.2) is 0 Å². The molecule has 2 amide bonds. The molecular formula is C18H26N2O4. The predicted octanol–water partition coefficient (Wildman–Crippen LogP) is 3.14. The van der Waals surface area contributed by atoms with Gasteiger partial charge < -0.3 is 10.1 Å². The zero-order chi connectivity index (χ0) is 18.1. The van der Waals surface area contributed by atoms with Crippen molar-refractivity contribution >= 4 is 12.0 Å². The number of alkyl carbamates (subject to hydrolysis) is 1. The lowest BCUT2D eigenvalue weighted by Crippen LogP contribution is -2.34. The van der Waals surface area contributed by atoms with Gasteiger partial charge in [0.1, 0.15) is 5.60 Å². The lowest BCUT2D eigenvalue weighted by molar-refractivity contribution is -0.0757. The fraction of sp³-hybridized carbons (Fsp3) is 0.556. The van der Waals surface area contributed by atoms with E-state index >= 15 is 0 Å². The Kier molecular flexibility index (Phi) is 5.18.